The molecule has 0 saturated carbocycles. The van der Waals surface area contributed by atoms with Crippen LogP contribution in [0.25, 0.3) is 0 Å². The van der Waals surface area contributed by atoms with Gasteiger partial charge in [-0.2, -0.15) is 0 Å². The van der Waals surface area contributed by atoms with Crippen LogP contribution in [0.15, 0.2) is 0 Å². The molecule has 1 atom stereocenters. The monoisotopic (exact) mass is 131 g/mol. The molecule has 0 radical (unpaired) electrons. The van der Waals surface area contributed by atoms with Crippen LogP contribution >= 0.6 is 0 Å². The van der Waals surface area contributed by atoms with Crippen LogP contribution in [0.4, 0.5) is 4.48 Å². The number of rotatable bonds is 1. The van der Waals surface area contributed by atoms with Gasteiger partial charge in [0.1, 0.15) is 0 Å². The third-order valence-electron chi connectivity index (χ3n) is 2.12. The van der Waals surface area contributed by atoms with Gasteiger partial charge in [-0.1, -0.05) is 13.8 Å². The molecule has 0 spiro atoms. The molecule has 0 aromatic carbocycles. The van der Waals surface area contributed by atoms with Gasteiger partial charge < -0.3 is 0 Å². The van der Waals surface area contributed by atoms with E-state index >= 15 is 0 Å². The van der Waals surface area contributed by atoms with Crippen molar-refractivity contribution in [3.63, 3.8) is 0 Å². The summed E-state index contributed by atoms with van der Waals surface area (Å²) < 4.78 is 12.4. The highest BCUT2D eigenvalue weighted by Gasteiger charge is 2.24. The molecule has 1 aliphatic rings. The molecule has 0 aliphatic carbocycles. The molecular formula is C7H14FN. The lowest BCUT2D eigenvalue weighted by Gasteiger charge is -2.11. The second-order valence-electron chi connectivity index (χ2n) is 3.16. The number of hydrogen-bond donors (Lipinski definition) is 0. The van der Waals surface area contributed by atoms with Crippen molar-refractivity contribution < 1.29 is 4.48 Å². The quantitative estimate of drug-likeness (QED) is 0.491. The molecule has 0 aromatic rings. The molecule has 1 nitrogen and oxygen atoms in total. The molecule has 1 unspecified atom stereocenters. The fraction of sp³-hybridized carbons (Fsp3) is 1.00. The summed E-state index contributed by atoms with van der Waals surface area (Å²) in [6.45, 7) is 5.61. The highest BCUT2D eigenvalue weighted by atomic mass is 19.2. The van der Waals surface area contributed by atoms with Crippen molar-refractivity contribution >= 4 is 0 Å². The second kappa shape index (κ2) is 2.65. The molecule has 0 N–H and O–H groups in total. The van der Waals surface area contributed by atoms with E-state index in [9.17, 15) is 4.48 Å². The summed E-state index contributed by atoms with van der Waals surface area (Å²) in [5, 5.41) is 0.921. The van der Waals surface area contributed by atoms with Crippen molar-refractivity contribution in [2.45, 2.75) is 20.3 Å². The first-order chi connectivity index (χ1) is 4.20. The Labute approximate surface area is 55.8 Å². The first-order valence-corrected chi connectivity index (χ1v) is 3.61. The van der Waals surface area contributed by atoms with Crippen molar-refractivity contribution in [2.75, 3.05) is 13.1 Å². The summed E-state index contributed by atoms with van der Waals surface area (Å²) in [6.07, 6.45) is 1.04. The minimum absolute atomic E-state index is 0.593. The highest BCUT2D eigenvalue weighted by molar-refractivity contribution is 4.72. The molecule has 1 heterocycles. The zero-order chi connectivity index (χ0) is 6.85. The third-order valence-corrected chi connectivity index (χ3v) is 2.12. The SMILES string of the molecule is CC(C)C1CCN(F)C1. The van der Waals surface area contributed by atoms with Crippen LogP contribution in [0.1, 0.15) is 20.3 Å². The maximum atomic E-state index is 12.4. The minimum Gasteiger partial charge on any atom is -0.146 e. The van der Waals surface area contributed by atoms with Gasteiger partial charge in [-0.3, -0.25) is 0 Å². The number of hydrogen-bond acceptors (Lipinski definition) is 1. The topological polar surface area (TPSA) is 3.24 Å². The van der Waals surface area contributed by atoms with Crippen LogP contribution in [0, 0.1) is 11.8 Å². The Bertz CT molecular complexity index is 92.9. The molecule has 2 heteroatoms. The van der Waals surface area contributed by atoms with Gasteiger partial charge in [0.2, 0.25) is 0 Å². The maximum Gasteiger partial charge on any atom is 0.0321 e. The van der Waals surface area contributed by atoms with E-state index in [0.717, 1.165) is 11.5 Å². The molecule has 1 fully saturated rings. The van der Waals surface area contributed by atoms with E-state index in [0.29, 0.717) is 24.9 Å². The molecule has 0 bridgehead atoms. The van der Waals surface area contributed by atoms with Crippen LogP contribution in [0.3, 0.4) is 0 Å². The van der Waals surface area contributed by atoms with E-state index in [1.165, 1.54) is 0 Å². The zero-order valence-corrected chi connectivity index (χ0v) is 6.10. The average molecular weight is 131 g/mol. The van der Waals surface area contributed by atoms with Gasteiger partial charge in [0.15, 0.2) is 0 Å². The van der Waals surface area contributed by atoms with E-state index in [1.54, 1.807) is 0 Å². The third kappa shape index (κ3) is 1.65. The molecule has 54 valence electrons. The maximum absolute atomic E-state index is 12.4. The summed E-state index contributed by atoms with van der Waals surface area (Å²) in [5.74, 6) is 1.24. The largest absolute Gasteiger partial charge is 0.146 e. The van der Waals surface area contributed by atoms with Crippen molar-refractivity contribution in [1.82, 2.24) is 5.12 Å². The van der Waals surface area contributed by atoms with Gasteiger partial charge in [-0.15, -0.1) is 9.60 Å². The first kappa shape index (κ1) is 7.00. The Morgan fingerprint density at radius 3 is 2.44 bits per heavy atom. The van der Waals surface area contributed by atoms with Gasteiger partial charge >= 0.3 is 0 Å². The van der Waals surface area contributed by atoms with Crippen LogP contribution < -0.4 is 0 Å². The Balaban J connectivity index is 2.30. The van der Waals surface area contributed by atoms with Gasteiger partial charge in [0.05, 0.1) is 0 Å². The van der Waals surface area contributed by atoms with Gasteiger partial charge in [0, 0.05) is 13.1 Å². The Kier molecular flexibility index (Phi) is 2.06. The molecule has 1 saturated heterocycles. The molecule has 0 amide bonds. The lowest BCUT2D eigenvalue weighted by atomic mass is 9.96. The van der Waals surface area contributed by atoms with E-state index in [-0.39, 0.29) is 0 Å². The average Bonchev–Trinajstić information content (AvgIpc) is 2.14. The molecule has 9 heavy (non-hydrogen) atoms. The highest BCUT2D eigenvalue weighted by Crippen LogP contribution is 2.23. The molecule has 1 aliphatic heterocycles. The minimum atomic E-state index is 0.593. The van der Waals surface area contributed by atoms with Gasteiger partial charge in [-0.05, 0) is 18.3 Å². The van der Waals surface area contributed by atoms with Crippen molar-refractivity contribution in [3.05, 3.63) is 0 Å². The predicted octanol–water partition coefficient (Wildman–Crippen LogP) is 1.85. The van der Waals surface area contributed by atoms with E-state index < -0.39 is 0 Å². The lowest BCUT2D eigenvalue weighted by molar-refractivity contribution is 0.0494. The van der Waals surface area contributed by atoms with E-state index in [4.69, 9.17) is 0 Å². The van der Waals surface area contributed by atoms with E-state index in [2.05, 4.69) is 13.8 Å². The summed E-state index contributed by atoms with van der Waals surface area (Å²) in [7, 11) is 0. The summed E-state index contributed by atoms with van der Waals surface area (Å²) in [6, 6.07) is 0. The second-order valence-corrected chi connectivity index (χ2v) is 3.16. The van der Waals surface area contributed by atoms with Crippen molar-refractivity contribution in [3.8, 4) is 0 Å². The van der Waals surface area contributed by atoms with Crippen molar-refractivity contribution in [1.29, 1.82) is 0 Å². The van der Waals surface area contributed by atoms with Crippen LogP contribution in [0.2, 0.25) is 0 Å². The summed E-state index contributed by atoms with van der Waals surface area (Å²) >= 11 is 0. The van der Waals surface area contributed by atoms with Gasteiger partial charge in [-0.25, -0.2) is 0 Å². The fourth-order valence-corrected chi connectivity index (χ4v) is 1.29. The van der Waals surface area contributed by atoms with Crippen molar-refractivity contribution in [2.24, 2.45) is 11.8 Å². The first-order valence-electron chi connectivity index (χ1n) is 3.61. The Morgan fingerprint density at radius 1 is 1.56 bits per heavy atom. The van der Waals surface area contributed by atoms with Crippen LogP contribution in [-0.4, -0.2) is 18.2 Å². The predicted molar refractivity (Wildman–Crippen MR) is 35.6 cm³/mol. The standard InChI is InChI=1S/C7H14FN/c1-6(2)7-3-4-9(8)5-7/h6-7H,3-5H2,1-2H3. The van der Waals surface area contributed by atoms with E-state index in [1.807, 2.05) is 0 Å². The molecular weight excluding hydrogens is 117 g/mol. The van der Waals surface area contributed by atoms with Crippen LogP contribution in [0.5, 0.6) is 0 Å². The summed E-state index contributed by atoms with van der Waals surface area (Å²) in [4.78, 5) is 0. The molecule has 0 aromatic heterocycles. The number of halogens is 1. The molecule has 1 rings (SSSR count). The zero-order valence-electron chi connectivity index (χ0n) is 6.10. The Morgan fingerprint density at radius 2 is 2.22 bits per heavy atom. The van der Waals surface area contributed by atoms with Gasteiger partial charge in [0.25, 0.3) is 0 Å². The lowest BCUT2D eigenvalue weighted by Crippen LogP contribution is -2.12. The fourth-order valence-electron chi connectivity index (χ4n) is 1.29. The Hall–Kier alpha value is -0.110. The smallest absolute Gasteiger partial charge is 0.0321 e. The number of nitrogens with zero attached hydrogens (tertiary/aromatic N) is 1. The van der Waals surface area contributed by atoms with Crippen LogP contribution in [-0.2, 0) is 0 Å². The normalized spacial score (nSPS) is 30.0. The summed E-state index contributed by atoms with van der Waals surface area (Å²) in [5.41, 5.74) is 0.